The second kappa shape index (κ2) is 4.00. The Kier molecular flexibility index (Phi) is 2.97. The molecule has 1 aromatic rings. The van der Waals surface area contributed by atoms with Gasteiger partial charge in [0.15, 0.2) is 0 Å². The van der Waals surface area contributed by atoms with Crippen LogP contribution in [0.5, 0.6) is 5.75 Å². The van der Waals surface area contributed by atoms with Crippen LogP contribution in [-0.4, -0.2) is 18.2 Å². The minimum absolute atomic E-state index is 0.307. The Labute approximate surface area is 73.4 Å². The molecule has 0 aromatic heterocycles. The molecule has 0 saturated heterocycles. The lowest BCUT2D eigenvalue weighted by molar-refractivity contribution is 0.474. The number of benzene rings is 1. The van der Waals surface area contributed by atoms with E-state index in [1.165, 1.54) is 0 Å². The molecule has 12 heavy (non-hydrogen) atoms. The van der Waals surface area contributed by atoms with E-state index < -0.39 is 0 Å². The molecule has 65 valence electrons. The summed E-state index contributed by atoms with van der Waals surface area (Å²) in [5, 5.41) is 9.47. The molecule has 0 atom stereocenters. The van der Waals surface area contributed by atoms with Gasteiger partial charge in [0.2, 0.25) is 0 Å². The van der Waals surface area contributed by atoms with Gasteiger partial charge in [-0.15, -0.1) is 0 Å². The molecule has 1 radical (unpaired) electrons. The number of anilines is 1. The summed E-state index contributed by atoms with van der Waals surface area (Å²) in [6, 6.07) is 8.29. The van der Waals surface area contributed by atoms with E-state index in [0.29, 0.717) is 5.75 Å². The van der Waals surface area contributed by atoms with Crippen molar-refractivity contribution >= 4 is 5.69 Å². The van der Waals surface area contributed by atoms with Crippen molar-refractivity contribution in [2.24, 2.45) is 0 Å². The van der Waals surface area contributed by atoms with Gasteiger partial charge in [0, 0.05) is 19.2 Å². The maximum atomic E-state index is 9.47. The molecule has 2 heteroatoms. The predicted molar refractivity (Wildman–Crippen MR) is 50.5 cm³/mol. The van der Waals surface area contributed by atoms with Gasteiger partial charge in [-0.3, -0.25) is 0 Å². The first-order valence-corrected chi connectivity index (χ1v) is 4.24. The van der Waals surface area contributed by atoms with E-state index in [2.05, 4.69) is 24.8 Å². The molecular formula is C10H14NO. The zero-order chi connectivity index (χ0) is 8.97. The third kappa shape index (κ3) is 1.70. The Balaban J connectivity index is 2.92. The highest BCUT2D eigenvalue weighted by atomic mass is 16.3. The number of para-hydroxylation sites is 1. The standard InChI is InChI=1S/C10H14NO/c1-3-11(4-2)9-7-5-6-8-10(9)12/h5-6,8,12H,3-4H2,1-2H3. The molecule has 0 aliphatic heterocycles. The average molecular weight is 164 g/mol. The molecule has 0 aliphatic carbocycles. The van der Waals surface area contributed by atoms with Crippen LogP contribution in [0, 0.1) is 6.07 Å². The second-order valence-electron chi connectivity index (χ2n) is 2.58. The summed E-state index contributed by atoms with van der Waals surface area (Å²) in [6.45, 7) is 5.91. The maximum Gasteiger partial charge on any atom is 0.139 e. The van der Waals surface area contributed by atoms with Crippen molar-refractivity contribution in [2.75, 3.05) is 18.0 Å². The van der Waals surface area contributed by atoms with E-state index in [-0.39, 0.29) is 0 Å². The van der Waals surface area contributed by atoms with Crippen LogP contribution >= 0.6 is 0 Å². The number of hydrogen-bond acceptors (Lipinski definition) is 2. The summed E-state index contributed by atoms with van der Waals surface area (Å²) in [6.07, 6.45) is 0. The number of nitrogens with zero attached hydrogens (tertiary/aromatic N) is 1. The Morgan fingerprint density at radius 1 is 1.42 bits per heavy atom. The lowest BCUT2D eigenvalue weighted by Gasteiger charge is -2.21. The van der Waals surface area contributed by atoms with Crippen LogP contribution in [0.15, 0.2) is 18.2 Å². The largest absolute Gasteiger partial charge is 0.506 e. The zero-order valence-corrected chi connectivity index (χ0v) is 7.54. The van der Waals surface area contributed by atoms with E-state index in [4.69, 9.17) is 0 Å². The van der Waals surface area contributed by atoms with E-state index in [0.717, 1.165) is 18.8 Å². The Morgan fingerprint density at radius 3 is 2.58 bits per heavy atom. The monoisotopic (exact) mass is 164 g/mol. The fourth-order valence-electron chi connectivity index (χ4n) is 1.21. The van der Waals surface area contributed by atoms with Gasteiger partial charge in [-0.25, -0.2) is 0 Å². The van der Waals surface area contributed by atoms with Crippen molar-refractivity contribution in [1.82, 2.24) is 0 Å². The molecule has 0 spiro atoms. The number of phenolic OH excluding ortho intramolecular Hbond substituents is 1. The first kappa shape index (κ1) is 8.91. The maximum absolute atomic E-state index is 9.47. The van der Waals surface area contributed by atoms with Crippen molar-refractivity contribution in [1.29, 1.82) is 0 Å². The van der Waals surface area contributed by atoms with Crippen LogP contribution in [-0.2, 0) is 0 Å². The molecule has 0 saturated carbocycles. The topological polar surface area (TPSA) is 23.5 Å². The summed E-state index contributed by atoms with van der Waals surface area (Å²) in [7, 11) is 0. The highest BCUT2D eigenvalue weighted by molar-refractivity contribution is 5.56. The average Bonchev–Trinajstić information content (AvgIpc) is 2.10. The van der Waals surface area contributed by atoms with Crippen LogP contribution in [0.1, 0.15) is 13.8 Å². The van der Waals surface area contributed by atoms with Gasteiger partial charge in [0.05, 0.1) is 5.69 Å². The van der Waals surface area contributed by atoms with Crippen molar-refractivity contribution in [3.8, 4) is 5.75 Å². The molecule has 1 rings (SSSR count). The highest BCUT2D eigenvalue weighted by Crippen LogP contribution is 2.24. The summed E-state index contributed by atoms with van der Waals surface area (Å²) < 4.78 is 0. The van der Waals surface area contributed by atoms with Gasteiger partial charge in [-0.1, -0.05) is 12.1 Å². The van der Waals surface area contributed by atoms with E-state index >= 15 is 0 Å². The first-order chi connectivity index (χ1) is 5.79. The predicted octanol–water partition coefficient (Wildman–Crippen LogP) is 2.04. The van der Waals surface area contributed by atoms with Gasteiger partial charge in [-0.2, -0.15) is 0 Å². The molecule has 0 bridgehead atoms. The number of hydrogen-bond donors (Lipinski definition) is 1. The minimum Gasteiger partial charge on any atom is -0.506 e. The molecule has 0 unspecified atom stereocenters. The fourth-order valence-corrected chi connectivity index (χ4v) is 1.21. The molecule has 0 aliphatic rings. The van der Waals surface area contributed by atoms with Crippen molar-refractivity contribution in [3.05, 3.63) is 24.3 Å². The lowest BCUT2D eigenvalue weighted by atomic mass is 10.2. The summed E-state index contributed by atoms with van der Waals surface area (Å²) >= 11 is 0. The van der Waals surface area contributed by atoms with E-state index in [1.807, 2.05) is 6.07 Å². The van der Waals surface area contributed by atoms with Gasteiger partial charge >= 0.3 is 0 Å². The molecule has 1 N–H and O–H groups in total. The third-order valence-corrected chi connectivity index (χ3v) is 1.89. The molecule has 0 amide bonds. The van der Waals surface area contributed by atoms with Crippen LogP contribution in [0.25, 0.3) is 0 Å². The second-order valence-corrected chi connectivity index (χ2v) is 2.58. The normalized spacial score (nSPS) is 9.83. The molecule has 0 fully saturated rings. The molecule has 0 heterocycles. The smallest absolute Gasteiger partial charge is 0.139 e. The van der Waals surface area contributed by atoms with Gasteiger partial charge in [0.25, 0.3) is 0 Å². The Bertz CT molecular complexity index is 243. The number of phenols is 1. The van der Waals surface area contributed by atoms with Crippen LogP contribution < -0.4 is 4.90 Å². The Hall–Kier alpha value is -1.18. The van der Waals surface area contributed by atoms with Crippen LogP contribution in [0.3, 0.4) is 0 Å². The van der Waals surface area contributed by atoms with Crippen molar-refractivity contribution in [3.63, 3.8) is 0 Å². The molecule has 1 aromatic carbocycles. The summed E-state index contributed by atoms with van der Waals surface area (Å²) in [5.41, 5.74) is 0.794. The number of aromatic hydroxyl groups is 1. The lowest BCUT2D eigenvalue weighted by Crippen LogP contribution is -2.21. The molecule has 2 nitrogen and oxygen atoms in total. The van der Waals surface area contributed by atoms with Crippen molar-refractivity contribution < 1.29 is 5.11 Å². The minimum atomic E-state index is 0.307. The quantitative estimate of drug-likeness (QED) is 0.739. The fraction of sp³-hybridized carbons (Fsp3) is 0.400. The van der Waals surface area contributed by atoms with Gasteiger partial charge < -0.3 is 10.0 Å². The van der Waals surface area contributed by atoms with Crippen LogP contribution in [0.2, 0.25) is 0 Å². The first-order valence-electron chi connectivity index (χ1n) is 4.24. The highest BCUT2D eigenvalue weighted by Gasteiger charge is 2.05. The number of rotatable bonds is 3. The van der Waals surface area contributed by atoms with E-state index in [9.17, 15) is 5.11 Å². The van der Waals surface area contributed by atoms with Crippen LogP contribution in [0.4, 0.5) is 5.69 Å². The van der Waals surface area contributed by atoms with Crippen molar-refractivity contribution in [2.45, 2.75) is 13.8 Å². The summed E-state index contributed by atoms with van der Waals surface area (Å²) in [4.78, 5) is 2.06. The van der Waals surface area contributed by atoms with Gasteiger partial charge in [-0.05, 0) is 19.9 Å². The zero-order valence-electron chi connectivity index (χ0n) is 7.54. The summed E-state index contributed by atoms with van der Waals surface area (Å²) in [5.74, 6) is 0.307. The van der Waals surface area contributed by atoms with E-state index in [1.54, 1.807) is 12.1 Å². The third-order valence-electron chi connectivity index (χ3n) is 1.89. The Morgan fingerprint density at radius 2 is 2.08 bits per heavy atom. The van der Waals surface area contributed by atoms with Gasteiger partial charge in [0.1, 0.15) is 5.75 Å². The molecular weight excluding hydrogens is 150 g/mol. The SMILES string of the molecule is CCN(CC)c1[c]cccc1O.